The summed E-state index contributed by atoms with van der Waals surface area (Å²) in [4.78, 5) is 0. The van der Waals surface area contributed by atoms with Crippen LogP contribution in [0.4, 0.5) is 22.7 Å². The number of para-hydroxylation sites is 2. The quantitative estimate of drug-likeness (QED) is 0.283. The van der Waals surface area contributed by atoms with E-state index in [9.17, 15) is 0 Å². The van der Waals surface area contributed by atoms with Crippen LogP contribution < -0.4 is 10.6 Å². The summed E-state index contributed by atoms with van der Waals surface area (Å²) in [6, 6.07) is 43.4. The first-order valence-electron chi connectivity index (χ1n) is 11.6. The van der Waals surface area contributed by atoms with Gasteiger partial charge in [-0.05, 0) is 68.6 Å². The Labute approximate surface area is 198 Å². The van der Waals surface area contributed by atoms with Crippen molar-refractivity contribution in [1.82, 2.24) is 0 Å². The fourth-order valence-electron chi connectivity index (χ4n) is 5.06. The van der Waals surface area contributed by atoms with Crippen molar-refractivity contribution in [2.45, 2.75) is 0 Å². The number of benzene rings is 6. The minimum atomic E-state index is 1.09. The van der Waals surface area contributed by atoms with Crippen LogP contribution in [0.3, 0.4) is 0 Å². The molecule has 6 aromatic carbocycles. The molecule has 1 aliphatic heterocycles. The molecule has 0 fully saturated rings. The summed E-state index contributed by atoms with van der Waals surface area (Å²) >= 11 is 0. The van der Waals surface area contributed by atoms with E-state index in [1.165, 1.54) is 43.8 Å². The van der Waals surface area contributed by atoms with Gasteiger partial charge in [0.25, 0.3) is 0 Å². The normalized spacial score (nSPS) is 12.0. The van der Waals surface area contributed by atoms with E-state index >= 15 is 0 Å². The Morgan fingerprint density at radius 3 is 1.65 bits per heavy atom. The minimum absolute atomic E-state index is 1.09. The first-order valence-corrected chi connectivity index (χ1v) is 11.6. The predicted octanol–water partition coefficient (Wildman–Crippen LogP) is 9.13. The predicted molar refractivity (Wildman–Crippen MR) is 145 cm³/mol. The molecule has 0 amide bonds. The summed E-state index contributed by atoms with van der Waals surface area (Å²) in [6.07, 6.45) is 0. The van der Waals surface area contributed by atoms with Gasteiger partial charge in [-0.25, -0.2) is 0 Å². The zero-order chi connectivity index (χ0) is 22.5. The van der Waals surface area contributed by atoms with Crippen LogP contribution in [-0.4, -0.2) is 0 Å². The molecule has 0 bridgehead atoms. The van der Waals surface area contributed by atoms with Crippen molar-refractivity contribution in [3.63, 3.8) is 0 Å². The van der Waals surface area contributed by atoms with Crippen LogP contribution in [0.25, 0.3) is 43.8 Å². The van der Waals surface area contributed by atoms with Crippen molar-refractivity contribution < 1.29 is 0 Å². The lowest BCUT2D eigenvalue weighted by molar-refractivity contribution is 1.44. The third-order valence-electron chi connectivity index (χ3n) is 6.76. The highest BCUT2D eigenvalue weighted by Crippen LogP contribution is 2.48. The molecule has 160 valence electrons. The van der Waals surface area contributed by atoms with Gasteiger partial charge < -0.3 is 10.6 Å². The summed E-state index contributed by atoms with van der Waals surface area (Å²) in [5.74, 6) is 0. The van der Waals surface area contributed by atoms with Crippen molar-refractivity contribution in [2.75, 3.05) is 10.6 Å². The Morgan fingerprint density at radius 2 is 0.941 bits per heavy atom. The van der Waals surface area contributed by atoms with Crippen LogP contribution in [0.2, 0.25) is 0 Å². The monoisotopic (exact) mass is 434 g/mol. The van der Waals surface area contributed by atoms with Gasteiger partial charge in [-0.15, -0.1) is 0 Å². The van der Waals surface area contributed by atoms with Crippen LogP contribution in [0.1, 0.15) is 0 Å². The largest absolute Gasteiger partial charge is 0.352 e. The highest BCUT2D eigenvalue weighted by Gasteiger charge is 2.21. The summed E-state index contributed by atoms with van der Waals surface area (Å²) in [7, 11) is 0. The Morgan fingerprint density at radius 1 is 0.382 bits per heavy atom. The highest BCUT2D eigenvalue weighted by atomic mass is 15.0. The molecule has 0 saturated heterocycles. The van der Waals surface area contributed by atoms with E-state index in [0.717, 1.165) is 22.7 Å². The summed E-state index contributed by atoms with van der Waals surface area (Å²) in [6.45, 7) is 0. The fraction of sp³-hybridized carbons (Fsp3) is 0. The first kappa shape index (κ1) is 19.0. The van der Waals surface area contributed by atoms with Crippen LogP contribution in [0, 0.1) is 0 Å². The smallest absolute Gasteiger partial charge is 0.0710 e. The van der Waals surface area contributed by atoms with E-state index in [0.29, 0.717) is 0 Å². The van der Waals surface area contributed by atoms with E-state index in [1.807, 2.05) is 0 Å². The van der Waals surface area contributed by atoms with Gasteiger partial charge in [-0.1, -0.05) is 91.0 Å². The average Bonchev–Trinajstić information content (AvgIpc) is 2.90. The second-order valence-electron chi connectivity index (χ2n) is 8.83. The lowest BCUT2D eigenvalue weighted by atomic mass is 9.89. The molecule has 0 aromatic heterocycles. The van der Waals surface area contributed by atoms with Crippen LogP contribution in [0.5, 0.6) is 0 Å². The minimum Gasteiger partial charge on any atom is -0.352 e. The Kier molecular flexibility index (Phi) is 4.18. The molecule has 0 unspecified atom stereocenters. The zero-order valence-corrected chi connectivity index (χ0v) is 18.5. The summed E-state index contributed by atoms with van der Waals surface area (Å²) in [5.41, 5.74) is 9.23. The number of anilines is 4. The van der Waals surface area contributed by atoms with E-state index in [-0.39, 0.29) is 0 Å². The first-order chi connectivity index (χ1) is 16.8. The lowest BCUT2D eigenvalue weighted by Gasteiger charge is -2.27. The topological polar surface area (TPSA) is 24.1 Å². The molecule has 0 aliphatic carbocycles. The van der Waals surface area contributed by atoms with E-state index in [2.05, 4.69) is 132 Å². The molecule has 1 aliphatic rings. The SMILES string of the molecule is c1ccc2c(c1)Nc1ccc(-c3ccc4ccccc4c3)c(-c3ccc4ccccc4c3)c1N2. The molecule has 1 heterocycles. The Bertz CT molecular complexity index is 1710. The molecule has 0 atom stereocenters. The van der Waals surface area contributed by atoms with Gasteiger partial charge in [0.1, 0.15) is 0 Å². The van der Waals surface area contributed by atoms with Gasteiger partial charge in [0.2, 0.25) is 0 Å². The molecule has 6 aromatic rings. The molecule has 2 nitrogen and oxygen atoms in total. The Hall–Kier alpha value is -4.56. The van der Waals surface area contributed by atoms with Crippen molar-refractivity contribution in [2.24, 2.45) is 0 Å². The van der Waals surface area contributed by atoms with Gasteiger partial charge in [-0.2, -0.15) is 0 Å². The van der Waals surface area contributed by atoms with Crippen molar-refractivity contribution in [3.05, 3.63) is 121 Å². The number of fused-ring (bicyclic) bond motifs is 4. The fourth-order valence-corrected chi connectivity index (χ4v) is 5.06. The number of hydrogen-bond donors (Lipinski definition) is 2. The average molecular weight is 435 g/mol. The van der Waals surface area contributed by atoms with Crippen LogP contribution >= 0.6 is 0 Å². The van der Waals surface area contributed by atoms with Gasteiger partial charge in [-0.3, -0.25) is 0 Å². The van der Waals surface area contributed by atoms with Gasteiger partial charge in [0.15, 0.2) is 0 Å². The maximum Gasteiger partial charge on any atom is 0.0710 e. The maximum absolute atomic E-state index is 3.74. The van der Waals surface area contributed by atoms with E-state index in [1.54, 1.807) is 0 Å². The third-order valence-corrected chi connectivity index (χ3v) is 6.76. The van der Waals surface area contributed by atoms with Gasteiger partial charge >= 0.3 is 0 Å². The van der Waals surface area contributed by atoms with Gasteiger partial charge in [0.05, 0.1) is 22.7 Å². The summed E-state index contributed by atoms with van der Waals surface area (Å²) < 4.78 is 0. The molecule has 2 N–H and O–H groups in total. The molecular formula is C32H22N2. The highest BCUT2D eigenvalue weighted by molar-refractivity contribution is 6.05. The maximum atomic E-state index is 3.74. The molecule has 7 rings (SSSR count). The van der Waals surface area contributed by atoms with Crippen LogP contribution in [0.15, 0.2) is 121 Å². The van der Waals surface area contributed by atoms with E-state index < -0.39 is 0 Å². The van der Waals surface area contributed by atoms with Crippen LogP contribution in [-0.2, 0) is 0 Å². The summed E-state index contributed by atoms with van der Waals surface area (Å²) in [5, 5.41) is 12.4. The second kappa shape index (κ2) is 7.50. The third kappa shape index (κ3) is 3.04. The molecule has 0 spiro atoms. The Balaban J connectivity index is 1.50. The standard InChI is InChI=1S/C32H22N2/c1-3-9-23-19-25(15-13-21(23)7-1)27-17-18-30-32(34-29-12-6-5-11-28(29)33-30)31(27)26-16-14-22-8-2-4-10-24(22)20-26/h1-20,33-34H. The second-order valence-corrected chi connectivity index (χ2v) is 8.83. The number of rotatable bonds is 2. The molecule has 0 radical (unpaired) electrons. The van der Waals surface area contributed by atoms with Gasteiger partial charge in [0, 0.05) is 5.56 Å². The number of hydrogen-bond acceptors (Lipinski definition) is 2. The van der Waals surface area contributed by atoms with Crippen molar-refractivity contribution in [1.29, 1.82) is 0 Å². The number of nitrogens with one attached hydrogen (secondary N) is 2. The van der Waals surface area contributed by atoms with Crippen molar-refractivity contribution >= 4 is 44.3 Å². The molecule has 0 saturated carbocycles. The zero-order valence-electron chi connectivity index (χ0n) is 18.5. The molecular weight excluding hydrogens is 412 g/mol. The lowest BCUT2D eigenvalue weighted by Crippen LogP contribution is -2.08. The van der Waals surface area contributed by atoms with Crippen molar-refractivity contribution in [3.8, 4) is 22.3 Å². The van der Waals surface area contributed by atoms with E-state index in [4.69, 9.17) is 0 Å². The molecule has 34 heavy (non-hydrogen) atoms. The molecule has 2 heteroatoms.